The Morgan fingerprint density at radius 3 is 2.38 bits per heavy atom. The normalized spacial score (nSPS) is 20.6. The number of halogens is 1. The molecule has 0 bridgehead atoms. The van der Waals surface area contributed by atoms with E-state index in [0.717, 1.165) is 16.8 Å². The molecule has 0 aliphatic carbocycles. The Morgan fingerprint density at radius 2 is 1.94 bits per heavy atom. The maximum absolute atomic E-state index is 11.7. The van der Waals surface area contributed by atoms with E-state index in [1.165, 1.54) is 0 Å². The number of carbonyl (C=O) groups excluding carboxylic acids is 1. The number of hydrogen-bond acceptors (Lipinski definition) is 2. The van der Waals surface area contributed by atoms with Crippen molar-refractivity contribution in [2.24, 2.45) is 0 Å². The Hall–Kier alpha value is -1.06. The minimum atomic E-state index is -0.554. The molecule has 1 N–H and O–H groups in total. The van der Waals surface area contributed by atoms with Crippen LogP contribution in [-0.2, 0) is 4.79 Å². The van der Waals surface area contributed by atoms with Crippen LogP contribution >= 0.6 is 11.6 Å². The van der Waals surface area contributed by atoms with Gasteiger partial charge in [-0.3, -0.25) is 4.79 Å². The lowest BCUT2D eigenvalue weighted by molar-refractivity contribution is -0.117. The largest absolute Gasteiger partial charge is 0.391 e. The summed E-state index contributed by atoms with van der Waals surface area (Å²) in [6, 6.07) is 3.67. The molecule has 0 spiro atoms. The van der Waals surface area contributed by atoms with E-state index >= 15 is 0 Å². The highest BCUT2D eigenvalue weighted by molar-refractivity contribution is 6.30. The first-order valence-electron chi connectivity index (χ1n) is 5.24. The Bertz CT molecular complexity index is 422. The highest BCUT2D eigenvalue weighted by atomic mass is 35.5. The predicted octanol–water partition coefficient (Wildman–Crippen LogP) is 2.05. The molecule has 1 heterocycles. The molecule has 86 valence electrons. The third kappa shape index (κ3) is 1.93. The molecule has 16 heavy (non-hydrogen) atoms. The lowest BCUT2D eigenvalue weighted by atomic mass is 10.1. The summed E-state index contributed by atoms with van der Waals surface area (Å²) >= 11 is 5.94. The number of carbonyl (C=O) groups is 1. The van der Waals surface area contributed by atoms with Crippen molar-refractivity contribution in [3.63, 3.8) is 0 Å². The van der Waals surface area contributed by atoms with Crippen molar-refractivity contribution in [1.29, 1.82) is 0 Å². The fourth-order valence-electron chi connectivity index (χ4n) is 2.23. The van der Waals surface area contributed by atoms with Gasteiger partial charge in [0.05, 0.1) is 19.1 Å². The molecule has 1 atom stereocenters. The molecule has 0 radical (unpaired) electrons. The summed E-state index contributed by atoms with van der Waals surface area (Å²) in [5.41, 5.74) is 2.81. The first-order valence-corrected chi connectivity index (χ1v) is 5.62. The second kappa shape index (κ2) is 4.07. The number of hydrogen-bond donors (Lipinski definition) is 1. The van der Waals surface area contributed by atoms with Gasteiger partial charge in [-0.15, -0.1) is 0 Å². The first-order chi connectivity index (χ1) is 7.49. The number of benzene rings is 1. The van der Waals surface area contributed by atoms with E-state index in [1.807, 2.05) is 26.0 Å². The summed E-state index contributed by atoms with van der Waals surface area (Å²) in [7, 11) is 0. The Kier molecular flexibility index (Phi) is 2.91. The van der Waals surface area contributed by atoms with Gasteiger partial charge in [0.25, 0.3) is 0 Å². The fourth-order valence-corrected chi connectivity index (χ4v) is 2.56. The molecule has 1 fully saturated rings. The zero-order chi connectivity index (χ0) is 11.9. The van der Waals surface area contributed by atoms with E-state index in [2.05, 4.69) is 0 Å². The molecule has 1 aromatic carbocycles. The standard InChI is InChI=1S/C12H14ClNO2/c1-7-3-9(13)4-8(2)12(7)14-6-10(15)5-11(14)16/h3-4,10,15H,5-6H2,1-2H3. The van der Waals surface area contributed by atoms with Crippen molar-refractivity contribution in [1.82, 2.24) is 0 Å². The molecule has 1 amide bonds. The van der Waals surface area contributed by atoms with Crippen LogP contribution in [-0.4, -0.2) is 23.7 Å². The number of anilines is 1. The van der Waals surface area contributed by atoms with Gasteiger partial charge in [0, 0.05) is 10.7 Å². The maximum atomic E-state index is 11.7. The number of aliphatic hydroxyl groups excluding tert-OH is 1. The second-order valence-corrected chi connectivity index (χ2v) is 4.69. The summed E-state index contributed by atoms with van der Waals surface area (Å²) in [6.45, 7) is 4.22. The summed E-state index contributed by atoms with van der Waals surface area (Å²) in [4.78, 5) is 13.4. The van der Waals surface area contributed by atoms with E-state index < -0.39 is 6.10 Å². The molecule has 0 saturated carbocycles. The molecular formula is C12H14ClNO2. The predicted molar refractivity (Wildman–Crippen MR) is 63.9 cm³/mol. The monoisotopic (exact) mass is 239 g/mol. The van der Waals surface area contributed by atoms with E-state index in [4.69, 9.17) is 11.6 Å². The van der Waals surface area contributed by atoms with E-state index in [-0.39, 0.29) is 12.3 Å². The van der Waals surface area contributed by atoms with Crippen LogP contribution in [0.5, 0.6) is 0 Å². The van der Waals surface area contributed by atoms with Gasteiger partial charge in [0.1, 0.15) is 0 Å². The van der Waals surface area contributed by atoms with Crippen LogP contribution in [0, 0.1) is 13.8 Å². The van der Waals surface area contributed by atoms with Crippen LogP contribution in [0.2, 0.25) is 5.02 Å². The van der Waals surface area contributed by atoms with Gasteiger partial charge in [-0.1, -0.05) is 11.6 Å². The Balaban J connectivity index is 2.44. The molecule has 1 aromatic rings. The maximum Gasteiger partial charge on any atom is 0.229 e. The van der Waals surface area contributed by atoms with Gasteiger partial charge in [0.2, 0.25) is 5.91 Å². The third-order valence-corrected chi connectivity index (χ3v) is 3.05. The van der Waals surface area contributed by atoms with Crippen molar-refractivity contribution in [3.8, 4) is 0 Å². The van der Waals surface area contributed by atoms with E-state index in [0.29, 0.717) is 11.6 Å². The summed E-state index contributed by atoms with van der Waals surface area (Å²) in [6.07, 6.45) is -0.344. The summed E-state index contributed by atoms with van der Waals surface area (Å²) in [5, 5.41) is 10.2. The van der Waals surface area contributed by atoms with Crippen LogP contribution in [0.25, 0.3) is 0 Å². The molecule has 1 saturated heterocycles. The van der Waals surface area contributed by atoms with Gasteiger partial charge in [-0.05, 0) is 37.1 Å². The number of rotatable bonds is 1. The lowest BCUT2D eigenvalue weighted by Gasteiger charge is -2.21. The van der Waals surface area contributed by atoms with Crippen molar-refractivity contribution in [2.75, 3.05) is 11.4 Å². The van der Waals surface area contributed by atoms with Crippen LogP contribution in [0.1, 0.15) is 17.5 Å². The average molecular weight is 240 g/mol. The number of β-amino-alcohol motifs (C(OH)–C–C–N with tert-alkyl or cyclic N) is 1. The fraction of sp³-hybridized carbons (Fsp3) is 0.417. The Morgan fingerprint density at radius 1 is 1.38 bits per heavy atom. The van der Waals surface area contributed by atoms with Crippen LogP contribution in [0.3, 0.4) is 0 Å². The number of aryl methyl sites for hydroxylation is 2. The highest BCUT2D eigenvalue weighted by Crippen LogP contribution is 2.31. The average Bonchev–Trinajstić information content (AvgIpc) is 2.43. The van der Waals surface area contributed by atoms with Crippen molar-refractivity contribution in [2.45, 2.75) is 26.4 Å². The summed E-state index contributed by atoms with van der Waals surface area (Å²) < 4.78 is 0. The van der Waals surface area contributed by atoms with Crippen molar-refractivity contribution >= 4 is 23.2 Å². The van der Waals surface area contributed by atoms with Crippen molar-refractivity contribution < 1.29 is 9.90 Å². The minimum absolute atomic E-state index is 0.0268. The molecule has 1 unspecified atom stereocenters. The second-order valence-electron chi connectivity index (χ2n) is 4.25. The molecular weight excluding hydrogens is 226 g/mol. The van der Waals surface area contributed by atoms with Gasteiger partial charge in [0.15, 0.2) is 0 Å². The molecule has 1 aliphatic heterocycles. The molecule has 0 aromatic heterocycles. The van der Waals surface area contributed by atoms with Crippen molar-refractivity contribution in [3.05, 3.63) is 28.3 Å². The van der Waals surface area contributed by atoms with Gasteiger partial charge < -0.3 is 10.0 Å². The van der Waals surface area contributed by atoms with Gasteiger partial charge in [-0.2, -0.15) is 0 Å². The molecule has 2 rings (SSSR count). The zero-order valence-corrected chi connectivity index (χ0v) is 10.1. The molecule has 3 nitrogen and oxygen atoms in total. The van der Waals surface area contributed by atoms with E-state index in [1.54, 1.807) is 4.90 Å². The van der Waals surface area contributed by atoms with Crippen LogP contribution < -0.4 is 4.90 Å². The number of nitrogens with zero attached hydrogens (tertiary/aromatic N) is 1. The SMILES string of the molecule is Cc1cc(Cl)cc(C)c1N1CC(O)CC1=O. The molecule has 4 heteroatoms. The zero-order valence-electron chi connectivity index (χ0n) is 9.33. The van der Waals surface area contributed by atoms with Gasteiger partial charge in [-0.25, -0.2) is 0 Å². The highest BCUT2D eigenvalue weighted by Gasteiger charge is 2.30. The number of amides is 1. The molecule has 1 aliphatic rings. The lowest BCUT2D eigenvalue weighted by Crippen LogP contribution is -2.26. The Labute approximate surface area is 99.6 Å². The van der Waals surface area contributed by atoms with E-state index in [9.17, 15) is 9.90 Å². The first kappa shape index (κ1) is 11.4. The summed E-state index contributed by atoms with van der Waals surface area (Å²) in [5.74, 6) is -0.0268. The smallest absolute Gasteiger partial charge is 0.229 e. The van der Waals surface area contributed by atoms with Crippen LogP contribution in [0.15, 0.2) is 12.1 Å². The third-order valence-electron chi connectivity index (χ3n) is 2.83. The van der Waals surface area contributed by atoms with Gasteiger partial charge >= 0.3 is 0 Å². The topological polar surface area (TPSA) is 40.5 Å². The van der Waals surface area contributed by atoms with Crippen LogP contribution in [0.4, 0.5) is 5.69 Å². The minimum Gasteiger partial charge on any atom is -0.391 e. The number of aliphatic hydroxyl groups is 1. The quantitative estimate of drug-likeness (QED) is 0.815.